The molecule has 1 atom stereocenters. The second-order valence-electron chi connectivity index (χ2n) is 6.94. The predicted molar refractivity (Wildman–Crippen MR) is 104 cm³/mol. The SMILES string of the molecule is O=C(Cc1ccccc1)N1CCC[C@H](c2ccc(-c3cncnc3)cn2)C1. The first-order valence-corrected chi connectivity index (χ1v) is 9.32. The number of hydrogen-bond acceptors (Lipinski definition) is 4. The van der Waals surface area contributed by atoms with E-state index in [1.165, 1.54) is 6.33 Å². The molecule has 136 valence electrons. The van der Waals surface area contributed by atoms with Crippen molar-refractivity contribution in [2.45, 2.75) is 25.2 Å². The molecule has 27 heavy (non-hydrogen) atoms. The molecule has 1 aliphatic rings. The fourth-order valence-corrected chi connectivity index (χ4v) is 3.59. The number of carbonyl (C=O) groups is 1. The molecule has 0 radical (unpaired) electrons. The summed E-state index contributed by atoms with van der Waals surface area (Å²) in [6, 6.07) is 14.1. The van der Waals surface area contributed by atoms with E-state index in [0.29, 0.717) is 12.3 Å². The van der Waals surface area contributed by atoms with Gasteiger partial charge in [-0.25, -0.2) is 9.97 Å². The van der Waals surface area contributed by atoms with Gasteiger partial charge in [0, 0.05) is 54.4 Å². The first-order valence-electron chi connectivity index (χ1n) is 9.32. The molecule has 0 aliphatic carbocycles. The summed E-state index contributed by atoms with van der Waals surface area (Å²) < 4.78 is 0. The first kappa shape index (κ1) is 17.3. The van der Waals surface area contributed by atoms with Crippen molar-refractivity contribution in [1.29, 1.82) is 0 Å². The molecule has 2 aromatic heterocycles. The van der Waals surface area contributed by atoms with Crippen molar-refractivity contribution < 1.29 is 4.79 Å². The van der Waals surface area contributed by atoms with Crippen LogP contribution in [0.1, 0.15) is 30.0 Å². The molecular formula is C22H22N4O. The molecule has 1 aromatic carbocycles. The van der Waals surface area contributed by atoms with Crippen molar-refractivity contribution in [1.82, 2.24) is 19.9 Å². The fourth-order valence-electron chi connectivity index (χ4n) is 3.59. The second-order valence-corrected chi connectivity index (χ2v) is 6.94. The van der Waals surface area contributed by atoms with Crippen molar-refractivity contribution in [3.8, 4) is 11.1 Å². The third kappa shape index (κ3) is 4.19. The van der Waals surface area contributed by atoms with Gasteiger partial charge in [0.2, 0.25) is 5.91 Å². The Morgan fingerprint density at radius 2 is 1.81 bits per heavy atom. The van der Waals surface area contributed by atoms with Crippen LogP contribution in [0.3, 0.4) is 0 Å². The third-order valence-electron chi connectivity index (χ3n) is 5.07. The zero-order valence-corrected chi connectivity index (χ0v) is 15.2. The van der Waals surface area contributed by atoms with Crippen LogP contribution in [0, 0.1) is 0 Å². The summed E-state index contributed by atoms with van der Waals surface area (Å²) in [7, 11) is 0. The van der Waals surface area contributed by atoms with Crippen LogP contribution < -0.4 is 0 Å². The number of carbonyl (C=O) groups excluding carboxylic acids is 1. The molecular weight excluding hydrogens is 336 g/mol. The average Bonchev–Trinajstić information content (AvgIpc) is 2.75. The standard InChI is InChI=1S/C22H22N4O/c27-22(11-17-5-2-1-3-6-17)26-10-4-7-19(15-26)21-9-8-18(14-25-21)20-12-23-16-24-13-20/h1-3,5-6,8-9,12-14,16,19H,4,7,10-11,15H2/t19-/m0/s1. The number of benzene rings is 1. The summed E-state index contributed by atoms with van der Waals surface area (Å²) in [4.78, 5) is 27.4. The lowest BCUT2D eigenvalue weighted by atomic mass is 9.93. The number of likely N-dealkylation sites (tertiary alicyclic amines) is 1. The van der Waals surface area contributed by atoms with Crippen LogP contribution in [0.25, 0.3) is 11.1 Å². The molecule has 1 aliphatic heterocycles. The highest BCUT2D eigenvalue weighted by Gasteiger charge is 2.25. The summed E-state index contributed by atoms with van der Waals surface area (Å²) in [5.41, 5.74) is 4.08. The van der Waals surface area contributed by atoms with Crippen LogP contribution in [-0.2, 0) is 11.2 Å². The molecule has 5 heteroatoms. The molecule has 0 spiro atoms. The minimum atomic E-state index is 0.198. The van der Waals surface area contributed by atoms with E-state index in [4.69, 9.17) is 0 Å². The van der Waals surface area contributed by atoms with Gasteiger partial charge in [-0.15, -0.1) is 0 Å². The van der Waals surface area contributed by atoms with Gasteiger partial charge in [-0.3, -0.25) is 9.78 Å². The van der Waals surface area contributed by atoms with Crippen molar-refractivity contribution in [3.05, 3.63) is 78.6 Å². The minimum Gasteiger partial charge on any atom is -0.342 e. The Morgan fingerprint density at radius 3 is 2.56 bits per heavy atom. The van der Waals surface area contributed by atoms with Gasteiger partial charge in [0.1, 0.15) is 6.33 Å². The van der Waals surface area contributed by atoms with Gasteiger partial charge in [-0.05, 0) is 24.5 Å². The summed E-state index contributed by atoms with van der Waals surface area (Å²) in [6.45, 7) is 1.58. The number of nitrogens with zero attached hydrogens (tertiary/aromatic N) is 4. The molecule has 1 saturated heterocycles. The number of pyridine rings is 1. The average molecular weight is 358 g/mol. The van der Waals surface area contributed by atoms with Crippen LogP contribution >= 0.6 is 0 Å². The molecule has 0 N–H and O–H groups in total. The third-order valence-corrected chi connectivity index (χ3v) is 5.07. The number of rotatable bonds is 4. The van der Waals surface area contributed by atoms with Crippen LogP contribution in [0.15, 0.2) is 67.4 Å². The molecule has 3 aromatic rings. The number of amides is 1. The Morgan fingerprint density at radius 1 is 1.00 bits per heavy atom. The van der Waals surface area contributed by atoms with E-state index in [1.54, 1.807) is 12.4 Å². The highest BCUT2D eigenvalue weighted by atomic mass is 16.2. The van der Waals surface area contributed by atoms with E-state index in [-0.39, 0.29) is 5.91 Å². The quantitative estimate of drug-likeness (QED) is 0.716. The molecule has 1 fully saturated rings. The van der Waals surface area contributed by atoms with Gasteiger partial charge in [0.25, 0.3) is 0 Å². The Labute approximate surface area is 159 Å². The number of hydrogen-bond donors (Lipinski definition) is 0. The summed E-state index contributed by atoms with van der Waals surface area (Å²) in [5.74, 6) is 0.489. The van der Waals surface area contributed by atoms with Crippen molar-refractivity contribution in [2.24, 2.45) is 0 Å². The topological polar surface area (TPSA) is 59.0 Å². The van der Waals surface area contributed by atoms with Gasteiger partial charge < -0.3 is 4.90 Å². The minimum absolute atomic E-state index is 0.198. The lowest BCUT2D eigenvalue weighted by Crippen LogP contribution is -2.40. The van der Waals surface area contributed by atoms with Crippen molar-refractivity contribution >= 4 is 5.91 Å². The van der Waals surface area contributed by atoms with E-state index in [1.807, 2.05) is 41.4 Å². The molecule has 0 unspecified atom stereocenters. The Hall–Kier alpha value is -3.08. The van der Waals surface area contributed by atoms with E-state index in [9.17, 15) is 4.79 Å². The maximum Gasteiger partial charge on any atom is 0.227 e. The van der Waals surface area contributed by atoms with Crippen LogP contribution in [0.2, 0.25) is 0 Å². The normalized spacial score (nSPS) is 16.9. The Balaban J connectivity index is 1.43. The lowest BCUT2D eigenvalue weighted by Gasteiger charge is -2.32. The van der Waals surface area contributed by atoms with Gasteiger partial charge in [-0.1, -0.05) is 36.4 Å². The lowest BCUT2D eigenvalue weighted by molar-refractivity contribution is -0.131. The molecule has 3 heterocycles. The van der Waals surface area contributed by atoms with E-state index in [0.717, 1.165) is 48.3 Å². The molecule has 0 saturated carbocycles. The molecule has 0 bridgehead atoms. The van der Waals surface area contributed by atoms with Crippen molar-refractivity contribution in [3.63, 3.8) is 0 Å². The number of piperidine rings is 1. The summed E-state index contributed by atoms with van der Waals surface area (Å²) >= 11 is 0. The largest absolute Gasteiger partial charge is 0.342 e. The van der Waals surface area contributed by atoms with Gasteiger partial charge >= 0.3 is 0 Å². The smallest absolute Gasteiger partial charge is 0.227 e. The van der Waals surface area contributed by atoms with Gasteiger partial charge in [0.05, 0.1) is 6.42 Å². The van der Waals surface area contributed by atoms with E-state index < -0.39 is 0 Å². The van der Waals surface area contributed by atoms with Gasteiger partial charge in [0.15, 0.2) is 0 Å². The Bertz CT molecular complexity index is 881. The Kier molecular flexibility index (Phi) is 5.19. The van der Waals surface area contributed by atoms with Crippen LogP contribution in [0.4, 0.5) is 0 Å². The van der Waals surface area contributed by atoms with Gasteiger partial charge in [-0.2, -0.15) is 0 Å². The molecule has 5 nitrogen and oxygen atoms in total. The fraction of sp³-hybridized carbons (Fsp3) is 0.273. The predicted octanol–water partition coefficient (Wildman–Crippen LogP) is 3.49. The highest BCUT2D eigenvalue weighted by Crippen LogP contribution is 2.27. The van der Waals surface area contributed by atoms with E-state index in [2.05, 4.69) is 27.1 Å². The zero-order chi connectivity index (χ0) is 18.5. The summed E-state index contributed by atoms with van der Waals surface area (Å²) in [6.07, 6.45) is 9.51. The second kappa shape index (κ2) is 8.08. The molecule has 4 rings (SSSR count). The maximum absolute atomic E-state index is 12.7. The molecule has 1 amide bonds. The van der Waals surface area contributed by atoms with Crippen LogP contribution in [-0.4, -0.2) is 38.8 Å². The zero-order valence-electron chi connectivity index (χ0n) is 15.2. The maximum atomic E-state index is 12.7. The van der Waals surface area contributed by atoms with Crippen LogP contribution in [0.5, 0.6) is 0 Å². The monoisotopic (exact) mass is 358 g/mol. The van der Waals surface area contributed by atoms with E-state index >= 15 is 0 Å². The highest BCUT2D eigenvalue weighted by molar-refractivity contribution is 5.79. The first-order chi connectivity index (χ1) is 13.3. The van der Waals surface area contributed by atoms with Crippen molar-refractivity contribution in [2.75, 3.05) is 13.1 Å². The number of aromatic nitrogens is 3. The summed E-state index contributed by atoms with van der Waals surface area (Å²) in [5, 5.41) is 0.